The maximum atomic E-state index is 15.0. The molecule has 2 aliphatic rings. The van der Waals surface area contributed by atoms with Crippen molar-refractivity contribution in [1.29, 1.82) is 0 Å². The summed E-state index contributed by atoms with van der Waals surface area (Å²) in [5, 5.41) is 3.47. The Bertz CT molecular complexity index is 1400. The van der Waals surface area contributed by atoms with E-state index in [1.807, 2.05) is 0 Å². The number of nitrogens with zero attached hydrogens (tertiary/aromatic N) is 3. The SMILES string of the molecule is O=C(c1ccc(CC2CCC(F)(F)CC2)nc1F)c1c[nH]c2ncnc(NC3CCCS(=O)(=O)C3)c12. The monoisotopic (exact) mass is 521 g/mol. The van der Waals surface area contributed by atoms with Crippen LogP contribution in [0.3, 0.4) is 0 Å². The molecule has 12 heteroatoms. The number of sulfone groups is 1. The standard InChI is InChI=1S/C24H26F3N5O3S/c25-21-17(4-3-15(31-21)10-14-5-7-24(26,27)8-6-14)20(33)18-11-28-22-19(18)23(30-13-29-22)32-16-2-1-9-36(34,35)12-16/h3-4,11,13-14,16H,1-2,5-10,12H2,(H2,28,29,30,32). The lowest BCUT2D eigenvalue weighted by Crippen LogP contribution is -2.35. The molecule has 1 atom stereocenters. The van der Waals surface area contributed by atoms with Gasteiger partial charge in [-0.15, -0.1) is 0 Å². The Morgan fingerprint density at radius 3 is 2.64 bits per heavy atom. The largest absolute Gasteiger partial charge is 0.366 e. The molecule has 1 aliphatic heterocycles. The van der Waals surface area contributed by atoms with Gasteiger partial charge in [-0.3, -0.25) is 4.79 Å². The molecule has 0 spiro atoms. The lowest BCUT2D eigenvalue weighted by atomic mass is 9.84. The molecule has 8 nitrogen and oxygen atoms in total. The second-order valence-electron chi connectivity index (χ2n) is 9.72. The molecule has 3 aromatic rings. The number of anilines is 1. The Kier molecular flexibility index (Phi) is 6.48. The highest BCUT2D eigenvalue weighted by Gasteiger charge is 2.35. The number of H-pyrrole nitrogens is 1. The van der Waals surface area contributed by atoms with Crippen LogP contribution in [0.2, 0.25) is 0 Å². The van der Waals surface area contributed by atoms with E-state index < -0.39 is 27.5 Å². The van der Waals surface area contributed by atoms with Gasteiger partial charge in [-0.2, -0.15) is 4.39 Å². The summed E-state index contributed by atoms with van der Waals surface area (Å²) in [6, 6.07) is 2.55. The molecule has 36 heavy (non-hydrogen) atoms. The molecule has 1 aliphatic carbocycles. The van der Waals surface area contributed by atoms with E-state index in [2.05, 4.69) is 25.3 Å². The summed E-state index contributed by atoms with van der Waals surface area (Å²) in [5.74, 6) is -3.78. The van der Waals surface area contributed by atoms with Crippen molar-refractivity contribution in [2.75, 3.05) is 16.8 Å². The van der Waals surface area contributed by atoms with Crippen LogP contribution in [-0.2, 0) is 16.3 Å². The fraction of sp³-hybridized carbons (Fsp3) is 0.500. The first kappa shape index (κ1) is 24.7. The van der Waals surface area contributed by atoms with Crippen molar-refractivity contribution in [3.63, 3.8) is 0 Å². The molecule has 0 amide bonds. The maximum Gasteiger partial charge on any atom is 0.248 e. The highest BCUT2D eigenvalue weighted by Crippen LogP contribution is 2.37. The molecule has 1 unspecified atom stereocenters. The number of rotatable bonds is 6. The Balaban J connectivity index is 1.37. The first-order valence-electron chi connectivity index (χ1n) is 12.0. The minimum Gasteiger partial charge on any atom is -0.366 e. The van der Waals surface area contributed by atoms with Crippen molar-refractivity contribution in [3.05, 3.63) is 47.4 Å². The Labute approximate surface area is 206 Å². The number of aromatic amines is 1. The van der Waals surface area contributed by atoms with Crippen LogP contribution in [0.4, 0.5) is 19.0 Å². The van der Waals surface area contributed by atoms with Crippen LogP contribution >= 0.6 is 0 Å². The molecule has 0 aromatic carbocycles. The zero-order valence-corrected chi connectivity index (χ0v) is 20.3. The fourth-order valence-electron chi connectivity index (χ4n) is 5.08. The third kappa shape index (κ3) is 5.23. The average Bonchev–Trinajstić information content (AvgIpc) is 3.25. The van der Waals surface area contributed by atoms with E-state index in [0.29, 0.717) is 54.6 Å². The first-order chi connectivity index (χ1) is 17.1. The number of nitrogens with one attached hydrogen (secondary N) is 2. The summed E-state index contributed by atoms with van der Waals surface area (Å²) in [5.41, 5.74) is 0.676. The van der Waals surface area contributed by atoms with Crippen molar-refractivity contribution in [1.82, 2.24) is 19.9 Å². The number of hydrogen-bond donors (Lipinski definition) is 2. The van der Waals surface area contributed by atoms with Crippen LogP contribution in [0.25, 0.3) is 11.0 Å². The van der Waals surface area contributed by atoms with Gasteiger partial charge in [-0.25, -0.2) is 32.2 Å². The fourth-order valence-corrected chi connectivity index (χ4v) is 6.72. The third-order valence-electron chi connectivity index (χ3n) is 7.00. The van der Waals surface area contributed by atoms with Crippen molar-refractivity contribution in [2.45, 2.75) is 56.9 Å². The lowest BCUT2D eigenvalue weighted by Gasteiger charge is -2.28. The second-order valence-corrected chi connectivity index (χ2v) is 11.9. The van der Waals surface area contributed by atoms with Crippen molar-refractivity contribution >= 4 is 32.5 Å². The van der Waals surface area contributed by atoms with E-state index in [9.17, 15) is 26.4 Å². The van der Waals surface area contributed by atoms with Crippen molar-refractivity contribution in [3.8, 4) is 0 Å². The number of alkyl halides is 2. The van der Waals surface area contributed by atoms with Gasteiger partial charge in [-0.1, -0.05) is 0 Å². The summed E-state index contributed by atoms with van der Waals surface area (Å²) < 4.78 is 65.8. The number of carbonyl (C=O) groups excluding carboxylic acids is 1. The molecule has 192 valence electrons. The lowest BCUT2D eigenvalue weighted by molar-refractivity contribution is -0.0457. The summed E-state index contributed by atoms with van der Waals surface area (Å²) >= 11 is 0. The van der Waals surface area contributed by atoms with Crippen LogP contribution in [0, 0.1) is 11.9 Å². The van der Waals surface area contributed by atoms with Gasteiger partial charge in [0.1, 0.15) is 17.8 Å². The van der Waals surface area contributed by atoms with E-state index in [-0.39, 0.29) is 47.4 Å². The van der Waals surface area contributed by atoms with Crippen LogP contribution in [-0.4, -0.2) is 57.6 Å². The van der Waals surface area contributed by atoms with E-state index in [0.717, 1.165) is 0 Å². The molecule has 0 radical (unpaired) electrons. The summed E-state index contributed by atoms with van der Waals surface area (Å²) in [6.07, 6.45) is 4.60. The van der Waals surface area contributed by atoms with Gasteiger partial charge in [0.05, 0.1) is 28.0 Å². The minimum absolute atomic E-state index is 0.000997. The molecular weight excluding hydrogens is 495 g/mol. The topological polar surface area (TPSA) is 118 Å². The molecule has 1 saturated carbocycles. The Hall–Kier alpha value is -3.02. The van der Waals surface area contributed by atoms with Gasteiger partial charge in [0, 0.05) is 30.8 Å². The molecule has 5 rings (SSSR count). The molecule has 1 saturated heterocycles. The number of pyridine rings is 1. The number of ketones is 1. The predicted molar refractivity (Wildman–Crippen MR) is 127 cm³/mol. The molecule has 2 N–H and O–H groups in total. The quantitative estimate of drug-likeness (QED) is 0.371. The van der Waals surface area contributed by atoms with E-state index >= 15 is 0 Å². The number of hydrogen-bond acceptors (Lipinski definition) is 7. The zero-order chi connectivity index (χ0) is 25.5. The zero-order valence-electron chi connectivity index (χ0n) is 19.4. The number of carbonyl (C=O) groups is 1. The van der Waals surface area contributed by atoms with Gasteiger partial charge in [-0.05, 0) is 50.2 Å². The molecule has 4 heterocycles. The highest BCUT2D eigenvalue weighted by molar-refractivity contribution is 7.91. The number of fused-ring (bicyclic) bond motifs is 1. The van der Waals surface area contributed by atoms with Crippen LogP contribution in [0.15, 0.2) is 24.7 Å². The maximum absolute atomic E-state index is 15.0. The minimum atomic E-state index is -3.16. The first-order valence-corrected chi connectivity index (χ1v) is 13.8. The molecule has 3 aromatic heterocycles. The van der Waals surface area contributed by atoms with E-state index in [1.54, 1.807) is 6.07 Å². The van der Waals surface area contributed by atoms with Crippen LogP contribution in [0.1, 0.15) is 60.1 Å². The molecular formula is C24H26F3N5O3S. The third-order valence-corrected chi connectivity index (χ3v) is 8.82. The average molecular weight is 522 g/mol. The molecule has 0 bridgehead atoms. The van der Waals surface area contributed by atoms with Gasteiger partial charge >= 0.3 is 0 Å². The highest BCUT2D eigenvalue weighted by atomic mass is 32.2. The van der Waals surface area contributed by atoms with Gasteiger partial charge in [0.2, 0.25) is 11.9 Å². The van der Waals surface area contributed by atoms with Crippen molar-refractivity contribution < 1.29 is 26.4 Å². The summed E-state index contributed by atoms with van der Waals surface area (Å²) in [6.45, 7) is 0. The van der Waals surface area contributed by atoms with E-state index in [1.165, 1.54) is 18.6 Å². The Morgan fingerprint density at radius 2 is 1.92 bits per heavy atom. The van der Waals surface area contributed by atoms with Gasteiger partial charge in [0.25, 0.3) is 0 Å². The van der Waals surface area contributed by atoms with Crippen molar-refractivity contribution in [2.24, 2.45) is 5.92 Å². The Morgan fingerprint density at radius 1 is 1.14 bits per heavy atom. The van der Waals surface area contributed by atoms with Gasteiger partial charge < -0.3 is 10.3 Å². The second kappa shape index (κ2) is 9.45. The normalized spacial score (nSPS) is 21.9. The summed E-state index contributed by atoms with van der Waals surface area (Å²) in [7, 11) is -3.16. The smallest absolute Gasteiger partial charge is 0.248 e. The van der Waals surface area contributed by atoms with E-state index in [4.69, 9.17) is 0 Å². The number of halogens is 3. The van der Waals surface area contributed by atoms with Gasteiger partial charge in [0.15, 0.2) is 15.6 Å². The van der Waals surface area contributed by atoms with Crippen LogP contribution in [0.5, 0.6) is 0 Å². The summed E-state index contributed by atoms with van der Waals surface area (Å²) in [4.78, 5) is 28.5. The predicted octanol–water partition coefficient (Wildman–Crippen LogP) is 4.08. The van der Waals surface area contributed by atoms with Crippen LogP contribution < -0.4 is 5.32 Å². The number of aromatic nitrogens is 4. The molecule has 2 fully saturated rings.